The van der Waals surface area contributed by atoms with E-state index in [0.717, 1.165) is 22.7 Å². The molecule has 0 bridgehead atoms. The lowest BCUT2D eigenvalue weighted by Gasteiger charge is -2.32. The summed E-state index contributed by atoms with van der Waals surface area (Å²) in [7, 11) is 0. The summed E-state index contributed by atoms with van der Waals surface area (Å²) in [5, 5.41) is 7.52. The molecule has 0 atom stereocenters. The summed E-state index contributed by atoms with van der Waals surface area (Å²) < 4.78 is 2.38. The molecule has 0 unspecified atom stereocenters. The van der Waals surface area contributed by atoms with Gasteiger partial charge in [0.1, 0.15) is 0 Å². The highest BCUT2D eigenvalue weighted by Gasteiger charge is 2.52. The Morgan fingerprint density at radius 2 is 0.932 bits per heavy atom. The first-order valence-electron chi connectivity index (χ1n) is 20.5. The van der Waals surface area contributed by atoms with Crippen LogP contribution in [0.1, 0.15) is 22.3 Å². The number of hydrogen-bond donors (Lipinski definition) is 0. The summed E-state index contributed by atoms with van der Waals surface area (Å²) in [6, 6.07) is 81.0. The molecule has 2 aliphatic carbocycles. The van der Waals surface area contributed by atoms with Crippen molar-refractivity contribution in [3.05, 3.63) is 241 Å². The van der Waals surface area contributed by atoms with Gasteiger partial charge in [0.15, 0.2) is 0 Å². The summed E-state index contributed by atoms with van der Waals surface area (Å²) >= 11 is 0. The van der Waals surface area contributed by atoms with Crippen LogP contribution in [-0.4, -0.2) is 4.57 Å². The predicted molar refractivity (Wildman–Crippen MR) is 247 cm³/mol. The van der Waals surface area contributed by atoms with Crippen molar-refractivity contribution in [1.82, 2.24) is 4.57 Å². The predicted octanol–water partition coefficient (Wildman–Crippen LogP) is 14.9. The normalized spacial score (nSPS) is 13.2. The molecule has 0 aliphatic heterocycles. The summed E-state index contributed by atoms with van der Waals surface area (Å²) in [6.07, 6.45) is 0. The molecule has 0 fully saturated rings. The van der Waals surface area contributed by atoms with Crippen LogP contribution in [0.5, 0.6) is 0 Å². The largest absolute Gasteiger partial charge is 0.310 e. The zero-order valence-corrected chi connectivity index (χ0v) is 32.2. The maximum Gasteiger partial charge on any atom is 0.0731 e. The number of aromatic nitrogens is 1. The van der Waals surface area contributed by atoms with Crippen molar-refractivity contribution in [2.75, 3.05) is 4.90 Å². The van der Waals surface area contributed by atoms with E-state index in [0.29, 0.717) is 0 Å². The van der Waals surface area contributed by atoms with E-state index < -0.39 is 5.41 Å². The van der Waals surface area contributed by atoms with Crippen LogP contribution in [0, 0.1) is 0 Å². The third-order valence-corrected chi connectivity index (χ3v) is 13.1. The van der Waals surface area contributed by atoms with Gasteiger partial charge in [-0.05, 0) is 139 Å². The third-order valence-electron chi connectivity index (χ3n) is 13.1. The van der Waals surface area contributed by atoms with Gasteiger partial charge in [0.05, 0.1) is 16.4 Å². The topological polar surface area (TPSA) is 8.17 Å². The van der Waals surface area contributed by atoms with Gasteiger partial charge in [-0.2, -0.15) is 0 Å². The number of anilines is 3. The Balaban J connectivity index is 1.06. The summed E-state index contributed by atoms with van der Waals surface area (Å²) in [5.74, 6) is 0. The van der Waals surface area contributed by atoms with E-state index in [1.807, 2.05) is 0 Å². The van der Waals surface area contributed by atoms with E-state index >= 15 is 0 Å². The van der Waals surface area contributed by atoms with Crippen LogP contribution in [0.2, 0.25) is 0 Å². The summed E-state index contributed by atoms with van der Waals surface area (Å²) in [4.78, 5) is 2.41. The number of benzene rings is 10. The minimum Gasteiger partial charge on any atom is -0.310 e. The second-order valence-corrected chi connectivity index (χ2v) is 16.0. The Kier molecular flexibility index (Phi) is 6.68. The van der Waals surface area contributed by atoms with Crippen LogP contribution in [0.3, 0.4) is 0 Å². The number of fused-ring (bicyclic) bond motifs is 16. The Morgan fingerprint density at radius 1 is 0.322 bits per heavy atom. The lowest BCUT2D eigenvalue weighted by molar-refractivity contribution is 0.802. The first kappa shape index (κ1) is 32.4. The number of para-hydroxylation sites is 3. The van der Waals surface area contributed by atoms with E-state index in [-0.39, 0.29) is 0 Å². The van der Waals surface area contributed by atoms with Crippen LogP contribution < -0.4 is 4.90 Å². The maximum absolute atomic E-state index is 2.48. The lowest BCUT2D eigenvalue weighted by Crippen LogP contribution is -2.26. The highest BCUT2D eigenvalue weighted by Crippen LogP contribution is 2.64. The molecular weight excluding hydrogens is 713 g/mol. The molecule has 1 heterocycles. The fraction of sp³-hybridized carbons (Fsp3) is 0.0175. The minimum atomic E-state index is -0.444. The van der Waals surface area contributed by atoms with Crippen molar-refractivity contribution >= 4 is 60.4 Å². The van der Waals surface area contributed by atoms with Crippen LogP contribution >= 0.6 is 0 Å². The molecule has 0 radical (unpaired) electrons. The molecule has 0 saturated carbocycles. The van der Waals surface area contributed by atoms with Crippen molar-refractivity contribution in [3.63, 3.8) is 0 Å². The zero-order chi connectivity index (χ0) is 38.7. The van der Waals surface area contributed by atoms with Crippen LogP contribution in [0.25, 0.3) is 71.3 Å². The molecule has 1 aromatic heterocycles. The van der Waals surface area contributed by atoms with E-state index in [9.17, 15) is 0 Å². The second kappa shape index (κ2) is 12.2. The van der Waals surface area contributed by atoms with Gasteiger partial charge in [-0.1, -0.05) is 146 Å². The molecule has 13 rings (SSSR count). The van der Waals surface area contributed by atoms with Gasteiger partial charge in [-0.25, -0.2) is 0 Å². The number of nitrogens with zero attached hydrogens (tertiary/aromatic N) is 2. The standard InChI is InChI=1S/C57H36N2/c1-3-17-40(18-4-1)58(43-29-32-55-50(36-43)47-23-11-14-26-54(47)59(55)41-19-5-2-6-20-41)42-28-31-44-39(33-42)27-30-48-49-34-37-15-7-8-16-38(37)35-53(49)57(56(44)48)51-24-12-9-21-45(51)46-22-10-13-25-52(46)57/h1-36H. The van der Waals surface area contributed by atoms with Crippen molar-refractivity contribution < 1.29 is 0 Å². The molecule has 2 nitrogen and oxygen atoms in total. The van der Waals surface area contributed by atoms with Gasteiger partial charge < -0.3 is 9.47 Å². The first-order valence-corrected chi connectivity index (χ1v) is 20.5. The Hall–Kier alpha value is -7.68. The molecule has 11 aromatic rings. The smallest absolute Gasteiger partial charge is 0.0731 e. The third kappa shape index (κ3) is 4.40. The fourth-order valence-electron chi connectivity index (χ4n) is 10.8. The van der Waals surface area contributed by atoms with E-state index in [4.69, 9.17) is 0 Å². The van der Waals surface area contributed by atoms with Crippen molar-refractivity contribution in [1.29, 1.82) is 0 Å². The molecule has 0 saturated heterocycles. The molecule has 2 heteroatoms. The van der Waals surface area contributed by atoms with E-state index in [1.165, 1.54) is 87.9 Å². The number of rotatable bonds is 4. The molecule has 10 aromatic carbocycles. The average molecular weight is 749 g/mol. The monoisotopic (exact) mass is 748 g/mol. The van der Waals surface area contributed by atoms with E-state index in [1.54, 1.807) is 0 Å². The summed E-state index contributed by atoms with van der Waals surface area (Å²) in [6.45, 7) is 0. The van der Waals surface area contributed by atoms with Gasteiger partial charge in [0, 0.05) is 33.5 Å². The van der Waals surface area contributed by atoms with Gasteiger partial charge in [0.2, 0.25) is 0 Å². The van der Waals surface area contributed by atoms with Crippen LogP contribution in [-0.2, 0) is 5.41 Å². The van der Waals surface area contributed by atoms with Gasteiger partial charge >= 0.3 is 0 Å². The van der Waals surface area contributed by atoms with Crippen LogP contribution in [0.4, 0.5) is 17.1 Å². The molecular formula is C57H36N2. The fourth-order valence-corrected chi connectivity index (χ4v) is 10.8. The minimum absolute atomic E-state index is 0.444. The second-order valence-electron chi connectivity index (χ2n) is 16.0. The van der Waals surface area contributed by atoms with Crippen molar-refractivity contribution in [2.45, 2.75) is 5.41 Å². The zero-order valence-electron chi connectivity index (χ0n) is 32.2. The SMILES string of the molecule is c1ccc(N(c2ccc3c4c(ccc3c2)-c2cc3ccccc3cc2C42c3ccccc3-c3ccccc32)c2ccc3c(c2)c2ccccc2n3-c2ccccc2)cc1. The van der Waals surface area contributed by atoms with Crippen molar-refractivity contribution in [2.24, 2.45) is 0 Å². The van der Waals surface area contributed by atoms with Crippen LogP contribution in [0.15, 0.2) is 218 Å². The summed E-state index contributed by atoms with van der Waals surface area (Å²) in [5.41, 5.74) is 17.2. The highest BCUT2D eigenvalue weighted by molar-refractivity contribution is 6.11. The Bertz CT molecular complexity index is 3460. The molecule has 0 N–H and O–H groups in total. The lowest BCUT2D eigenvalue weighted by atomic mass is 9.69. The highest BCUT2D eigenvalue weighted by atomic mass is 15.1. The van der Waals surface area contributed by atoms with Gasteiger partial charge in [-0.15, -0.1) is 0 Å². The molecule has 2 aliphatic rings. The van der Waals surface area contributed by atoms with Gasteiger partial charge in [-0.3, -0.25) is 0 Å². The molecule has 59 heavy (non-hydrogen) atoms. The van der Waals surface area contributed by atoms with Crippen molar-refractivity contribution in [3.8, 4) is 27.9 Å². The Labute approximate surface area is 342 Å². The maximum atomic E-state index is 2.48. The Morgan fingerprint density at radius 3 is 1.71 bits per heavy atom. The first-order chi connectivity index (χ1) is 29.3. The molecule has 0 amide bonds. The van der Waals surface area contributed by atoms with E-state index in [2.05, 4.69) is 228 Å². The quantitative estimate of drug-likeness (QED) is 0.174. The molecule has 1 spiro atoms. The average Bonchev–Trinajstić information content (AvgIpc) is 3.90. The molecule has 274 valence electrons. The number of hydrogen-bond acceptors (Lipinski definition) is 1. The van der Waals surface area contributed by atoms with Gasteiger partial charge in [0.25, 0.3) is 0 Å².